The molecule has 0 aliphatic rings. The molecule has 0 saturated carbocycles. The first kappa shape index (κ1) is 16.3. The monoisotopic (exact) mass is 360 g/mol. The molecule has 1 heterocycles. The zero-order valence-corrected chi connectivity index (χ0v) is 16.0. The van der Waals surface area contributed by atoms with Crippen LogP contribution in [0.1, 0.15) is 0 Å². The molecular weight excluding hydrogens is 339 g/mol. The Hall–Kier alpha value is -2.21. The van der Waals surface area contributed by atoms with Gasteiger partial charge in [-0.3, -0.25) is 0 Å². The third-order valence-electron chi connectivity index (χ3n) is 4.95. The van der Waals surface area contributed by atoms with Crippen LogP contribution >= 0.6 is 18.6 Å². The van der Waals surface area contributed by atoms with Crippen molar-refractivity contribution in [2.45, 2.75) is 0 Å². The molecule has 124 valence electrons. The third-order valence-corrected chi connectivity index (χ3v) is 10.3. The molecule has 4 rings (SSSR count). The van der Waals surface area contributed by atoms with Gasteiger partial charge in [0.15, 0.2) is 0 Å². The maximum atomic E-state index is 2.48. The Kier molecular flexibility index (Phi) is 4.53. The Balaban J connectivity index is 2.01. The van der Waals surface area contributed by atoms with E-state index in [1.165, 1.54) is 26.4 Å². The first-order valence-corrected chi connectivity index (χ1v) is 11.9. The van der Waals surface area contributed by atoms with Crippen LogP contribution in [0.25, 0.3) is 10.4 Å². The third kappa shape index (κ3) is 2.95. The summed E-state index contributed by atoms with van der Waals surface area (Å²) in [6.07, 6.45) is 0. The minimum atomic E-state index is -2.07. The molecule has 0 spiro atoms. The minimum absolute atomic E-state index is 1.35. The Morgan fingerprint density at radius 2 is 1.16 bits per heavy atom. The topological polar surface area (TPSA) is 0 Å². The normalized spacial score (nSPS) is 12.0. The Labute approximate surface area is 154 Å². The van der Waals surface area contributed by atoms with E-state index in [1.54, 1.807) is 0 Å². The van der Waals surface area contributed by atoms with Crippen LogP contribution in [0, 0.1) is 0 Å². The van der Waals surface area contributed by atoms with Crippen molar-refractivity contribution in [1.29, 1.82) is 0 Å². The SMILES string of the molecule is C[PH](c1ccccc1)(c1ccccc1)c1ccccc1-c1cccs1. The number of rotatable bonds is 4. The van der Waals surface area contributed by atoms with Crippen LogP contribution in [0.2, 0.25) is 0 Å². The van der Waals surface area contributed by atoms with Gasteiger partial charge in [0.05, 0.1) is 0 Å². The summed E-state index contributed by atoms with van der Waals surface area (Å²) >= 11 is 1.82. The molecule has 0 N–H and O–H groups in total. The number of hydrogen-bond donors (Lipinski definition) is 0. The molecule has 3 aromatic carbocycles. The molecule has 0 bridgehead atoms. The fraction of sp³-hybridized carbons (Fsp3) is 0.0435. The van der Waals surface area contributed by atoms with E-state index in [0.717, 1.165) is 0 Å². The van der Waals surface area contributed by atoms with Crippen molar-refractivity contribution in [3.8, 4) is 10.4 Å². The predicted octanol–water partition coefficient (Wildman–Crippen LogP) is 5.07. The maximum absolute atomic E-state index is 2.48. The number of hydrogen-bond acceptors (Lipinski definition) is 1. The quantitative estimate of drug-likeness (QED) is 0.446. The first-order valence-electron chi connectivity index (χ1n) is 8.54. The van der Waals surface area contributed by atoms with Crippen LogP contribution in [0.4, 0.5) is 0 Å². The Morgan fingerprint density at radius 1 is 0.600 bits per heavy atom. The summed E-state index contributed by atoms with van der Waals surface area (Å²) in [6, 6.07) is 35.4. The summed E-state index contributed by atoms with van der Waals surface area (Å²) < 4.78 is 0. The average molecular weight is 360 g/mol. The first-order chi connectivity index (χ1) is 12.3. The van der Waals surface area contributed by atoms with E-state index in [1.807, 2.05) is 11.3 Å². The zero-order valence-electron chi connectivity index (χ0n) is 14.2. The van der Waals surface area contributed by atoms with Gasteiger partial charge in [0, 0.05) is 0 Å². The van der Waals surface area contributed by atoms with Crippen LogP contribution in [-0.2, 0) is 0 Å². The fourth-order valence-electron chi connectivity index (χ4n) is 3.59. The van der Waals surface area contributed by atoms with Crippen molar-refractivity contribution in [3.05, 3.63) is 102 Å². The summed E-state index contributed by atoms with van der Waals surface area (Å²) in [7, 11) is -2.07. The number of benzene rings is 3. The molecule has 0 amide bonds. The van der Waals surface area contributed by atoms with Gasteiger partial charge < -0.3 is 0 Å². The van der Waals surface area contributed by atoms with Gasteiger partial charge >= 0.3 is 154 Å². The van der Waals surface area contributed by atoms with Gasteiger partial charge in [-0.05, 0) is 0 Å². The van der Waals surface area contributed by atoms with Crippen LogP contribution in [-0.4, -0.2) is 6.66 Å². The summed E-state index contributed by atoms with van der Waals surface area (Å²) in [5.41, 5.74) is 1.37. The summed E-state index contributed by atoms with van der Waals surface area (Å²) in [5.74, 6) is 0. The molecular formula is C23H21PS. The standard InChI is InChI=1S/C23H21PS/c1-24(19-11-4-2-5-12-19,20-13-6-3-7-14-20)22-16-9-8-15-21(22)23-17-10-18-25-23/h2-18,24H,1H3. The van der Waals surface area contributed by atoms with E-state index in [-0.39, 0.29) is 0 Å². The second-order valence-electron chi connectivity index (χ2n) is 6.38. The van der Waals surface area contributed by atoms with Gasteiger partial charge in [0.1, 0.15) is 0 Å². The molecule has 0 fully saturated rings. The molecule has 0 unspecified atom stereocenters. The average Bonchev–Trinajstić information content (AvgIpc) is 3.23. The molecule has 2 heteroatoms. The second kappa shape index (κ2) is 6.96. The van der Waals surface area contributed by atoms with Crippen molar-refractivity contribution in [2.75, 3.05) is 6.66 Å². The summed E-state index contributed by atoms with van der Waals surface area (Å²) in [4.78, 5) is 1.35. The number of thiophene rings is 1. The van der Waals surface area contributed by atoms with Crippen molar-refractivity contribution in [3.63, 3.8) is 0 Å². The van der Waals surface area contributed by atoms with Crippen molar-refractivity contribution < 1.29 is 0 Å². The Bertz CT molecular complexity index is 904. The van der Waals surface area contributed by atoms with E-state index < -0.39 is 7.26 Å². The molecule has 0 saturated heterocycles. The van der Waals surface area contributed by atoms with Crippen molar-refractivity contribution in [1.82, 2.24) is 0 Å². The summed E-state index contributed by atoms with van der Waals surface area (Å²) in [6.45, 7) is 2.48. The van der Waals surface area contributed by atoms with E-state index in [9.17, 15) is 0 Å². The predicted molar refractivity (Wildman–Crippen MR) is 116 cm³/mol. The molecule has 0 radical (unpaired) electrons. The van der Waals surface area contributed by atoms with Gasteiger partial charge in [0.2, 0.25) is 0 Å². The fourth-order valence-corrected chi connectivity index (χ4v) is 8.30. The van der Waals surface area contributed by atoms with Gasteiger partial charge in [-0.25, -0.2) is 0 Å². The molecule has 0 aliphatic carbocycles. The van der Waals surface area contributed by atoms with Gasteiger partial charge in [-0.2, -0.15) is 0 Å². The van der Waals surface area contributed by atoms with E-state index >= 15 is 0 Å². The van der Waals surface area contributed by atoms with Gasteiger partial charge in [0.25, 0.3) is 0 Å². The summed E-state index contributed by atoms with van der Waals surface area (Å²) in [5, 5.41) is 6.54. The van der Waals surface area contributed by atoms with E-state index in [0.29, 0.717) is 0 Å². The molecule has 0 aliphatic heterocycles. The second-order valence-corrected chi connectivity index (χ2v) is 11.3. The zero-order chi connectivity index (χ0) is 17.1. The Morgan fingerprint density at radius 3 is 1.72 bits per heavy atom. The molecule has 0 atom stereocenters. The molecule has 1 aromatic heterocycles. The van der Waals surface area contributed by atoms with Crippen LogP contribution < -0.4 is 15.9 Å². The van der Waals surface area contributed by atoms with Gasteiger partial charge in [-0.1, -0.05) is 0 Å². The van der Waals surface area contributed by atoms with Crippen molar-refractivity contribution >= 4 is 34.5 Å². The van der Waals surface area contributed by atoms with Gasteiger partial charge in [-0.15, -0.1) is 0 Å². The van der Waals surface area contributed by atoms with Crippen LogP contribution in [0.3, 0.4) is 0 Å². The van der Waals surface area contributed by atoms with Crippen molar-refractivity contribution in [2.24, 2.45) is 0 Å². The molecule has 25 heavy (non-hydrogen) atoms. The molecule has 4 aromatic rings. The van der Waals surface area contributed by atoms with Crippen LogP contribution in [0.15, 0.2) is 102 Å². The molecule has 0 nitrogen and oxygen atoms in total. The van der Waals surface area contributed by atoms with E-state index in [2.05, 4.69) is 109 Å². The van der Waals surface area contributed by atoms with E-state index in [4.69, 9.17) is 0 Å². The van der Waals surface area contributed by atoms with Crippen LogP contribution in [0.5, 0.6) is 0 Å².